The third-order valence-corrected chi connectivity index (χ3v) is 3.24. The van der Waals surface area contributed by atoms with Gasteiger partial charge in [-0.25, -0.2) is 0 Å². The quantitative estimate of drug-likeness (QED) is 0.786. The summed E-state index contributed by atoms with van der Waals surface area (Å²) < 4.78 is 6.70. The van der Waals surface area contributed by atoms with E-state index in [0.29, 0.717) is 13.2 Å². The average Bonchev–Trinajstić information content (AvgIpc) is 2.32. The normalized spacial score (nSPS) is 10.5. The van der Waals surface area contributed by atoms with Crippen molar-refractivity contribution < 1.29 is 4.74 Å². The SMILES string of the molecule is Clc1ccccc1COCc1cccc(Br)c1. The Labute approximate surface area is 115 Å². The molecule has 2 aromatic rings. The number of benzene rings is 2. The molecule has 0 heterocycles. The van der Waals surface area contributed by atoms with Crippen LogP contribution in [-0.2, 0) is 18.0 Å². The van der Waals surface area contributed by atoms with Crippen LogP contribution in [0.4, 0.5) is 0 Å². The highest BCUT2D eigenvalue weighted by Crippen LogP contribution is 2.17. The van der Waals surface area contributed by atoms with Crippen LogP contribution in [0.3, 0.4) is 0 Å². The van der Waals surface area contributed by atoms with E-state index in [2.05, 4.69) is 15.9 Å². The van der Waals surface area contributed by atoms with Gasteiger partial charge in [0, 0.05) is 9.50 Å². The van der Waals surface area contributed by atoms with E-state index in [9.17, 15) is 0 Å². The van der Waals surface area contributed by atoms with Crippen molar-refractivity contribution in [3.05, 3.63) is 69.2 Å². The number of hydrogen-bond acceptors (Lipinski definition) is 1. The molecule has 0 spiro atoms. The van der Waals surface area contributed by atoms with Crippen LogP contribution in [0.2, 0.25) is 5.02 Å². The van der Waals surface area contributed by atoms with Crippen molar-refractivity contribution >= 4 is 27.5 Å². The minimum absolute atomic E-state index is 0.534. The van der Waals surface area contributed by atoms with Crippen LogP contribution in [0, 0.1) is 0 Å². The Hall–Kier alpha value is -0.830. The van der Waals surface area contributed by atoms with E-state index in [1.165, 1.54) is 0 Å². The molecule has 0 radical (unpaired) electrons. The lowest BCUT2D eigenvalue weighted by molar-refractivity contribution is 0.107. The number of hydrogen-bond donors (Lipinski definition) is 0. The standard InChI is InChI=1S/C14H12BrClO/c15-13-6-3-4-11(8-13)9-17-10-12-5-1-2-7-14(12)16/h1-8H,9-10H2. The Morgan fingerprint density at radius 3 is 2.59 bits per heavy atom. The zero-order valence-corrected chi connectivity index (χ0v) is 11.5. The molecule has 0 aromatic heterocycles. The van der Waals surface area contributed by atoms with Gasteiger partial charge >= 0.3 is 0 Å². The van der Waals surface area contributed by atoms with Crippen LogP contribution in [-0.4, -0.2) is 0 Å². The highest BCUT2D eigenvalue weighted by Gasteiger charge is 1.99. The minimum Gasteiger partial charge on any atom is -0.372 e. The first-order chi connectivity index (χ1) is 8.25. The summed E-state index contributed by atoms with van der Waals surface area (Å²) in [7, 11) is 0. The molecule has 17 heavy (non-hydrogen) atoms. The molecule has 0 atom stereocenters. The van der Waals surface area contributed by atoms with Crippen molar-refractivity contribution in [3.63, 3.8) is 0 Å². The van der Waals surface area contributed by atoms with E-state index in [4.69, 9.17) is 16.3 Å². The Bertz CT molecular complexity index is 499. The number of rotatable bonds is 4. The molecule has 1 nitrogen and oxygen atoms in total. The second kappa shape index (κ2) is 6.20. The van der Waals surface area contributed by atoms with Crippen LogP contribution >= 0.6 is 27.5 Å². The lowest BCUT2D eigenvalue weighted by atomic mass is 10.2. The van der Waals surface area contributed by atoms with Gasteiger partial charge in [0.25, 0.3) is 0 Å². The zero-order valence-electron chi connectivity index (χ0n) is 9.20. The second-order valence-electron chi connectivity index (χ2n) is 3.71. The van der Waals surface area contributed by atoms with Crippen molar-refractivity contribution in [3.8, 4) is 0 Å². The predicted octanol–water partition coefficient (Wildman–Crippen LogP) is 4.82. The molecule has 2 aromatic carbocycles. The van der Waals surface area contributed by atoms with E-state index in [1.807, 2.05) is 48.5 Å². The molecule has 0 unspecified atom stereocenters. The van der Waals surface area contributed by atoms with Crippen LogP contribution in [0.1, 0.15) is 11.1 Å². The predicted molar refractivity (Wildman–Crippen MR) is 74.1 cm³/mol. The summed E-state index contributed by atoms with van der Waals surface area (Å²) in [5.74, 6) is 0. The maximum Gasteiger partial charge on any atom is 0.0735 e. The molecule has 88 valence electrons. The third kappa shape index (κ3) is 3.84. The molecular weight excluding hydrogens is 300 g/mol. The minimum atomic E-state index is 0.534. The molecule has 3 heteroatoms. The highest BCUT2D eigenvalue weighted by molar-refractivity contribution is 9.10. The van der Waals surface area contributed by atoms with Crippen LogP contribution in [0.5, 0.6) is 0 Å². The largest absolute Gasteiger partial charge is 0.372 e. The molecule has 0 aliphatic rings. The van der Waals surface area contributed by atoms with Crippen molar-refractivity contribution in [2.24, 2.45) is 0 Å². The fraction of sp³-hybridized carbons (Fsp3) is 0.143. The van der Waals surface area contributed by atoms with Gasteiger partial charge in [0.05, 0.1) is 13.2 Å². The lowest BCUT2D eigenvalue weighted by Crippen LogP contribution is -1.94. The first-order valence-electron chi connectivity index (χ1n) is 5.31. The van der Waals surface area contributed by atoms with Gasteiger partial charge in [0.2, 0.25) is 0 Å². The number of ether oxygens (including phenoxy) is 1. The van der Waals surface area contributed by atoms with Gasteiger partial charge in [-0.15, -0.1) is 0 Å². The van der Waals surface area contributed by atoms with E-state index in [1.54, 1.807) is 0 Å². The first kappa shape index (κ1) is 12.6. The third-order valence-electron chi connectivity index (χ3n) is 2.37. The second-order valence-corrected chi connectivity index (χ2v) is 5.04. The van der Waals surface area contributed by atoms with Gasteiger partial charge < -0.3 is 4.74 Å². The van der Waals surface area contributed by atoms with Crippen LogP contribution in [0.25, 0.3) is 0 Å². The molecule has 0 aliphatic heterocycles. The fourth-order valence-electron chi connectivity index (χ4n) is 1.52. The molecule has 0 fully saturated rings. The van der Waals surface area contributed by atoms with Crippen LogP contribution in [0.15, 0.2) is 53.0 Å². The van der Waals surface area contributed by atoms with Crippen molar-refractivity contribution in [1.29, 1.82) is 0 Å². The Morgan fingerprint density at radius 2 is 1.82 bits per heavy atom. The fourth-order valence-corrected chi connectivity index (χ4v) is 2.16. The highest BCUT2D eigenvalue weighted by atomic mass is 79.9. The molecule has 0 aliphatic carbocycles. The first-order valence-corrected chi connectivity index (χ1v) is 6.48. The van der Waals surface area contributed by atoms with Gasteiger partial charge in [-0.1, -0.05) is 57.9 Å². The molecule has 0 bridgehead atoms. The van der Waals surface area contributed by atoms with Crippen molar-refractivity contribution in [2.75, 3.05) is 0 Å². The number of halogens is 2. The summed E-state index contributed by atoms with van der Waals surface area (Å²) in [6, 6.07) is 15.8. The van der Waals surface area contributed by atoms with Gasteiger partial charge in [0.15, 0.2) is 0 Å². The molecule has 0 saturated heterocycles. The lowest BCUT2D eigenvalue weighted by Gasteiger charge is -2.06. The molecule has 2 rings (SSSR count). The summed E-state index contributed by atoms with van der Waals surface area (Å²) in [5.41, 5.74) is 2.16. The van der Waals surface area contributed by atoms with E-state index < -0.39 is 0 Å². The Balaban J connectivity index is 1.90. The van der Waals surface area contributed by atoms with E-state index in [-0.39, 0.29) is 0 Å². The molecule has 0 N–H and O–H groups in total. The van der Waals surface area contributed by atoms with E-state index in [0.717, 1.165) is 20.6 Å². The van der Waals surface area contributed by atoms with Gasteiger partial charge in [-0.2, -0.15) is 0 Å². The van der Waals surface area contributed by atoms with E-state index >= 15 is 0 Å². The smallest absolute Gasteiger partial charge is 0.0735 e. The monoisotopic (exact) mass is 310 g/mol. The summed E-state index contributed by atoms with van der Waals surface area (Å²) in [6.45, 7) is 1.12. The average molecular weight is 312 g/mol. The summed E-state index contributed by atoms with van der Waals surface area (Å²) in [5, 5.41) is 0.752. The maximum absolute atomic E-state index is 6.04. The van der Waals surface area contributed by atoms with Gasteiger partial charge in [0.1, 0.15) is 0 Å². The van der Waals surface area contributed by atoms with Crippen molar-refractivity contribution in [2.45, 2.75) is 13.2 Å². The maximum atomic E-state index is 6.04. The Morgan fingerprint density at radius 1 is 1.00 bits per heavy atom. The van der Waals surface area contributed by atoms with Crippen molar-refractivity contribution in [1.82, 2.24) is 0 Å². The molecule has 0 amide bonds. The molecular formula is C14H12BrClO. The molecule has 0 saturated carbocycles. The van der Waals surface area contributed by atoms with Gasteiger partial charge in [-0.3, -0.25) is 0 Å². The summed E-state index contributed by atoms with van der Waals surface area (Å²) in [4.78, 5) is 0. The zero-order chi connectivity index (χ0) is 12.1. The summed E-state index contributed by atoms with van der Waals surface area (Å²) in [6.07, 6.45) is 0. The topological polar surface area (TPSA) is 9.23 Å². The Kier molecular flexibility index (Phi) is 4.60. The summed E-state index contributed by atoms with van der Waals surface area (Å²) >= 11 is 9.48. The van der Waals surface area contributed by atoms with Crippen LogP contribution < -0.4 is 0 Å². The van der Waals surface area contributed by atoms with Gasteiger partial charge in [-0.05, 0) is 29.3 Å².